The van der Waals surface area contributed by atoms with Gasteiger partial charge in [0.15, 0.2) is 0 Å². The van der Waals surface area contributed by atoms with E-state index in [1.54, 1.807) is 0 Å². The lowest BCUT2D eigenvalue weighted by atomic mass is 10.1. The summed E-state index contributed by atoms with van der Waals surface area (Å²) in [5.74, 6) is 1.85. The van der Waals surface area contributed by atoms with Crippen molar-refractivity contribution in [3.8, 4) is 11.5 Å². The Hall–Kier alpha value is -3.26. The molecular weight excluding hydrogens is 368 g/mol. The van der Waals surface area contributed by atoms with E-state index in [9.17, 15) is 0 Å². The van der Waals surface area contributed by atoms with Gasteiger partial charge in [0.05, 0.1) is 13.2 Å². The summed E-state index contributed by atoms with van der Waals surface area (Å²) in [6.07, 6.45) is 10.5. The minimum absolute atomic E-state index is 0.759. The third-order valence-corrected chi connectivity index (χ3v) is 4.58. The smallest absolute Gasteiger partial charge is 0.119 e. The van der Waals surface area contributed by atoms with Crippen LogP contribution in [0.3, 0.4) is 0 Å². The molecule has 0 aromatic heterocycles. The molecule has 0 bridgehead atoms. The normalized spacial score (nSPS) is 11.3. The van der Waals surface area contributed by atoms with Crippen molar-refractivity contribution in [3.05, 3.63) is 95.1 Å². The molecule has 0 aliphatic carbocycles. The van der Waals surface area contributed by atoms with Crippen molar-refractivity contribution in [1.82, 2.24) is 0 Å². The van der Waals surface area contributed by atoms with Gasteiger partial charge >= 0.3 is 0 Å². The van der Waals surface area contributed by atoms with Crippen LogP contribution in [-0.4, -0.2) is 13.2 Å². The molecule has 0 fully saturated rings. The van der Waals surface area contributed by atoms with Crippen molar-refractivity contribution >= 4 is 24.3 Å². The molecular formula is C28H30O2. The first kappa shape index (κ1) is 21.4. The third-order valence-electron chi connectivity index (χ3n) is 4.58. The third kappa shape index (κ3) is 6.97. The van der Waals surface area contributed by atoms with Gasteiger partial charge < -0.3 is 9.47 Å². The lowest BCUT2D eigenvalue weighted by Gasteiger charge is -2.04. The van der Waals surface area contributed by atoms with E-state index in [4.69, 9.17) is 9.47 Å². The zero-order valence-electron chi connectivity index (χ0n) is 17.9. The second-order valence-corrected chi connectivity index (χ2v) is 7.17. The predicted molar refractivity (Wildman–Crippen MR) is 129 cm³/mol. The van der Waals surface area contributed by atoms with Crippen LogP contribution in [0.25, 0.3) is 24.3 Å². The standard InChI is InChI=1S/C28H30O2/c1-3-21-29-27-17-13-25(14-18-27)11-9-23-5-7-24(8-6-23)10-12-26-15-19-28(20-16-26)30-22-4-2/h5-20H,3-4,21-22H2,1-2H3/b11-9+,12-10+. The first-order chi connectivity index (χ1) is 14.8. The molecule has 0 amide bonds. The molecule has 3 aromatic rings. The van der Waals surface area contributed by atoms with Crippen molar-refractivity contribution in [1.29, 1.82) is 0 Å². The maximum absolute atomic E-state index is 5.63. The molecule has 154 valence electrons. The molecule has 2 nitrogen and oxygen atoms in total. The van der Waals surface area contributed by atoms with Crippen molar-refractivity contribution in [2.75, 3.05) is 13.2 Å². The van der Waals surface area contributed by atoms with Gasteiger partial charge in [-0.1, -0.05) is 86.7 Å². The van der Waals surface area contributed by atoms with Crippen LogP contribution < -0.4 is 9.47 Å². The van der Waals surface area contributed by atoms with Gasteiger partial charge in [0.2, 0.25) is 0 Å². The van der Waals surface area contributed by atoms with Gasteiger partial charge in [0.1, 0.15) is 11.5 Å². The van der Waals surface area contributed by atoms with Crippen molar-refractivity contribution < 1.29 is 9.47 Å². The summed E-state index contributed by atoms with van der Waals surface area (Å²) in [5, 5.41) is 0. The van der Waals surface area contributed by atoms with E-state index in [1.165, 1.54) is 11.1 Å². The predicted octanol–water partition coefficient (Wildman–Crippen LogP) is 7.61. The Morgan fingerprint density at radius 2 is 0.733 bits per heavy atom. The summed E-state index contributed by atoms with van der Waals surface area (Å²) < 4.78 is 11.3. The highest BCUT2D eigenvalue weighted by molar-refractivity contribution is 5.73. The molecule has 0 unspecified atom stereocenters. The number of benzene rings is 3. The molecule has 3 rings (SSSR count). The fraction of sp³-hybridized carbons (Fsp3) is 0.214. The summed E-state index contributed by atoms with van der Waals surface area (Å²) in [6.45, 7) is 5.74. The molecule has 0 N–H and O–H groups in total. The van der Waals surface area contributed by atoms with Crippen LogP contribution >= 0.6 is 0 Å². The minimum Gasteiger partial charge on any atom is -0.494 e. The average molecular weight is 399 g/mol. The average Bonchev–Trinajstić information content (AvgIpc) is 2.80. The number of hydrogen-bond acceptors (Lipinski definition) is 2. The second kappa shape index (κ2) is 11.7. The molecule has 0 aliphatic rings. The van der Waals surface area contributed by atoms with E-state index in [2.05, 4.69) is 86.7 Å². The van der Waals surface area contributed by atoms with Crippen LogP contribution in [0.15, 0.2) is 72.8 Å². The lowest BCUT2D eigenvalue weighted by Crippen LogP contribution is -1.94. The molecule has 3 aromatic carbocycles. The number of rotatable bonds is 10. The molecule has 0 radical (unpaired) electrons. The van der Waals surface area contributed by atoms with Crippen molar-refractivity contribution in [2.45, 2.75) is 26.7 Å². The molecule has 0 spiro atoms. The highest BCUT2D eigenvalue weighted by Crippen LogP contribution is 2.17. The molecule has 2 heteroatoms. The Morgan fingerprint density at radius 3 is 1.00 bits per heavy atom. The first-order valence-corrected chi connectivity index (χ1v) is 10.7. The van der Waals surface area contributed by atoms with E-state index >= 15 is 0 Å². The van der Waals surface area contributed by atoms with Gasteiger partial charge in [-0.05, 0) is 59.4 Å². The molecule has 0 atom stereocenters. The molecule has 0 aliphatic heterocycles. The summed E-state index contributed by atoms with van der Waals surface area (Å²) in [7, 11) is 0. The Bertz CT molecular complexity index is 853. The molecule has 0 saturated carbocycles. The van der Waals surface area contributed by atoms with Crippen molar-refractivity contribution in [3.63, 3.8) is 0 Å². The van der Waals surface area contributed by atoms with Crippen LogP contribution in [0.2, 0.25) is 0 Å². The Labute approximate surface area is 180 Å². The first-order valence-electron chi connectivity index (χ1n) is 10.7. The lowest BCUT2D eigenvalue weighted by molar-refractivity contribution is 0.317. The SMILES string of the molecule is CCCOc1ccc(/C=C/c2ccc(/C=C/c3ccc(OCCC)cc3)cc2)cc1. The zero-order valence-corrected chi connectivity index (χ0v) is 17.9. The number of hydrogen-bond donors (Lipinski definition) is 0. The van der Waals surface area contributed by atoms with Crippen LogP contribution in [0, 0.1) is 0 Å². The maximum Gasteiger partial charge on any atom is 0.119 e. The van der Waals surface area contributed by atoms with Crippen LogP contribution in [0.1, 0.15) is 48.9 Å². The highest BCUT2D eigenvalue weighted by atomic mass is 16.5. The highest BCUT2D eigenvalue weighted by Gasteiger charge is 1.95. The monoisotopic (exact) mass is 398 g/mol. The largest absolute Gasteiger partial charge is 0.494 e. The van der Waals surface area contributed by atoms with E-state index in [1.807, 2.05) is 24.3 Å². The fourth-order valence-corrected chi connectivity index (χ4v) is 2.89. The molecule has 0 heterocycles. The van der Waals surface area contributed by atoms with E-state index < -0.39 is 0 Å². The van der Waals surface area contributed by atoms with E-state index in [0.29, 0.717) is 0 Å². The number of ether oxygens (including phenoxy) is 2. The maximum atomic E-state index is 5.63. The molecule has 0 saturated heterocycles. The zero-order chi connectivity index (χ0) is 21.0. The van der Waals surface area contributed by atoms with Gasteiger partial charge in [-0.2, -0.15) is 0 Å². The Kier molecular flexibility index (Phi) is 8.34. The fourth-order valence-electron chi connectivity index (χ4n) is 2.89. The summed E-state index contributed by atoms with van der Waals surface area (Å²) in [4.78, 5) is 0. The van der Waals surface area contributed by atoms with E-state index in [0.717, 1.165) is 48.7 Å². The van der Waals surface area contributed by atoms with E-state index in [-0.39, 0.29) is 0 Å². The minimum atomic E-state index is 0.759. The van der Waals surface area contributed by atoms with Gasteiger partial charge in [0.25, 0.3) is 0 Å². The van der Waals surface area contributed by atoms with Crippen LogP contribution in [-0.2, 0) is 0 Å². The second-order valence-electron chi connectivity index (χ2n) is 7.17. The molecule has 30 heavy (non-hydrogen) atoms. The Balaban J connectivity index is 1.55. The van der Waals surface area contributed by atoms with Crippen molar-refractivity contribution in [2.24, 2.45) is 0 Å². The summed E-state index contributed by atoms with van der Waals surface area (Å²) >= 11 is 0. The Morgan fingerprint density at radius 1 is 0.467 bits per heavy atom. The van der Waals surface area contributed by atoms with Gasteiger partial charge in [0, 0.05) is 0 Å². The van der Waals surface area contributed by atoms with Crippen LogP contribution in [0.4, 0.5) is 0 Å². The summed E-state index contributed by atoms with van der Waals surface area (Å²) in [6, 6.07) is 24.9. The summed E-state index contributed by atoms with van der Waals surface area (Å²) in [5.41, 5.74) is 4.68. The van der Waals surface area contributed by atoms with Gasteiger partial charge in [-0.3, -0.25) is 0 Å². The topological polar surface area (TPSA) is 18.5 Å². The quantitative estimate of drug-likeness (QED) is 0.327. The van der Waals surface area contributed by atoms with Gasteiger partial charge in [-0.25, -0.2) is 0 Å². The van der Waals surface area contributed by atoms with Gasteiger partial charge in [-0.15, -0.1) is 0 Å². The van der Waals surface area contributed by atoms with Crippen LogP contribution in [0.5, 0.6) is 11.5 Å².